The molecule has 0 N–H and O–H groups in total. The number of halogens is 3. The Labute approximate surface area is 91.9 Å². The van der Waals surface area contributed by atoms with Gasteiger partial charge in [0.25, 0.3) is 0 Å². The van der Waals surface area contributed by atoms with Crippen molar-refractivity contribution in [1.29, 1.82) is 0 Å². The summed E-state index contributed by atoms with van der Waals surface area (Å²) in [5, 5.41) is 0. The van der Waals surface area contributed by atoms with Crippen molar-refractivity contribution in [3.8, 4) is 0 Å². The molecule has 10 heteroatoms. The zero-order chi connectivity index (χ0) is 8.08. The minimum absolute atomic E-state index is 0. The normalized spacial score (nSPS) is 10.3. The predicted molar refractivity (Wildman–Crippen MR) is 28.0 cm³/mol. The fraction of sp³-hybridized carbons (Fsp3) is 0. The zero-order valence-corrected chi connectivity index (χ0v) is 10.5. The topological polar surface area (TPSA) is 80.3 Å². The molecule has 0 bridgehead atoms. The molecule has 10 heavy (non-hydrogen) atoms. The molecule has 0 rings (SSSR count). The van der Waals surface area contributed by atoms with Crippen LogP contribution in [0.2, 0.25) is 0 Å². The van der Waals surface area contributed by atoms with Crippen LogP contribution < -0.4 is 0 Å². The van der Waals surface area contributed by atoms with Crippen LogP contribution in [0.15, 0.2) is 0 Å². The van der Waals surface area contributed by atoms with Crippen molar-refractivity contribution in [2.24, 2.45) is 0 Å². The van der Waals surface area contributed by atoms with Crippen LogP contribution in [0.25, 0.3) is 0 Å². The second-order valence-corrected chi connectivity index (χ2v) is 10.7. The van der Waals surface area contributed by atoms with Gasteiger partial charge < -0.3 is 9.11 Å². The third-order valence-electron chi connectivity index (χ3n) is 0. The summed E-state index contributed by atoms with van der Waals surface area (Å²) < 4.78 is 34.1. The van der Waals surface area contributed by atoms with E-state index in [1.54, 1.807) is 0 Å². The summed E-state index contributed by atoms with van der Waals surface area (Å²) in [5.41, 5.74) is 0. The fourth-order valence-electron chi connectivity index (χ4n) is 0. The molecule has 0 aromatic rings. The zero-order valence-electron chi connectivity index (χ0n) is 3.78. The second kappa shape index (κ2) is 9.31. The molecule has 0 atom stereocenters. The van der Waals surface area contributed by atoms with Gasteiger partial charge in [-0.25, -0.2) is 0 Å². The van der Waals surface area contributed by atoms with Crippen molar-refractivity contribution >= 4 is 38.0 Å². The Morgan fingerprint density at radius 1 is 1.10 bits per heavy atom. The molecule has 0 spiro atoms. The molecule has 0 aliphatic rings. The van der Waals surface area contributed by atoms with Crippen molar-refractivity contribution in [2.45, 2.75) is 0 Å². The summed E-state index contributed by atoms with van der Waals surface area (Å²) in [4.78, 5) is 0. The molecule has 0 heterocycles. The average Bonchev–Trinajstić information content (AvgIpc) is 1.19. The summed E-state index contributed by atoms with van der Waals surface area (Å²) in [7, 11) is 9.69. The molecule has 1 radical (unpaired) electrons. The van der Waals surface area contributed by atoms with Gasteiger partial charge in [-0.05, 0) is 0 Å². The fourth-order valence-corrected chi connectivity index (χ4v) is 0. The van der Waals surface area contributed by atoms with Crippen LogP contribution in [-0.4, -0.2) is 17.5 Å². The molecule has 0 saturated carbocycles. The van der Waals surface area contributed by atoms with Crippen molar-refractivity contribution in [2.75, 3.05) is 0 Å². The van der Waals surface area contributed by atoms with E-state index in [9.17, 15) is 0 Å². The number of hydrogen-bond donors (Lipinski definition) is 0. The maximum absolute atomic E-state index is 8.52. The van der Waals surface area contributed by atoms with E-state index in [1.807, 2.05) is 0 Å². The third kappa shape index (κ3) is 176. The van der Waals surface area contributed by atoms with Gasteiger partial charge in [-0.1, -0.05) is 0 Å². The maximum atomic E-state index is 8.52. The van der Waals surface area contributed by atoms with Gasteiger partial charge in [-0.15, -0.1) is 0 Å². The molecule has 0 aliphatic heterocycles. The van der Waals surface area contributed by atoms with Crippen molar-refractivity contribution in [3.05, 3.63) is 0 Å². The van der Waals surface area contributed by atoms with Gasteiger partial charge in [0.2, 0.25) is 0 Å². The van der Waals surface area contributed by atoms with E-state index in [4.69, 9.17) is 45.1 Å². The van der Waals surface area contributed by atoms with Crippen LogP contribution in [-0.2, 0) is 48.0 Å². The quantitative estimate of drug-likeness (QED) is 0.275. The Morgan fingerprint density at radius 3 is 1.10 bits per heavy atom. The van der Waals surface area contributed by atoms with Gasteiger partial charge in [-0.2, -0.15) is 0 Å². The molecule has 0 saturated heterocycles. The van der Waals surface area contributed by atoms with Gasteiger partial charge in [0.1, 0.15) is 0 Å². The van der Waals surface area contributed by atoms with E-state index < -0.39 is 25.6 Å². The Kier molecular flexibility index (Phi) is 16.8. The predicted octanol–water partition coefficient (Wildman–Crippen LogP) is 0.726. The van der Waals surface area contributed by atoms with E-state index in [1.165, 1.54) is 0 Å². The number of rotatable bonds is 0. The van der Waals surface area contributed by atoms with Crippen LogP contribution >= 0.6 is 27.6 Å². The second-order valence-electron chi connectivity index (χ2n) is 0.537. The van der Waals surface area contributed by atoms with E-state index in [0.717, 1.165) is 0 Å². The van der Waals surface area contributed by atoms with Crippen molar-refractivity contribution in [3.63, 3.8) is 0 Å². The van der Waals surface area contributed by atoms with Gasteiger partial charge in [0.05, 0.1) is 0 Å². The van der Waals surface area contributed by atoms with Crippen LogP contribution in [0.3, 0.4) is 0 Å². The first-order chi connectivity index (χ1) is 3.73. The molecule has 0 unspecified atom stereocenters. The molecule has 0 fully saturated rings. The van der Waals surface area contributed by atoms with Crippen molar-refractivity contribution < 1.29 is 55.1 Å². The average molecular weight is 507 g/mol. The molecule has 0 aliphatic carbocycles. The molecule has 0 aromatic carbocycles. The van der Waals surface area contributed by atoms with Gasteiger partial charge >= 0.3 is 42.8 Å². The van der Waals surface area contributed by atoms with Crippen molar-refractivity contribution in [1.82, 2.24) is 0 Å². The van der Waals surface area contributed by atoms with Crippen LogP contribution in [0, 0.1) is 0 Å². The van der Waals surface area contributed by atoms with Gasteiger partial charge in [0, 0.05) is 32.8 Å². The molecule has 4 nitrogen and oxygen atoms in total. The van der Waals surface area contributed by atoms with E-state index in [0.29, 0.717) is 0 Å². The van der Waals surface area contributed by atoms with E-state index in [-0.39, 0.29) is 22.4 Å². The van der Waals surface area contributed by atoms with Gasteiger partial charge in [0.15, 0.2) is 0 Å². The first-order valence-corrected chi connectivity index (χ1v) is 10.4. The Bertz CT molecular complexity index is 132. The molecular weight excluding hydrogens is 507 g/mol. The molecule has 0 amide bonds. The van der Waals surface area contributed by atoms with Gasteiger partial charge in [-0.3, -0.25) is 8.42 Å². The SMILES string of the molecule is O=S(=O)([O-])[O-].[Ag].[Cl][Au]([Cl])[Cl]. The van der Waals surface area contributed by atoms with Crippen LogP contribution in [0.4, 0.5) is 0 Å². The minimum atomic E-state index is -5.17. The summed E-state index contributed by atoms with van der Waals surface area (Å²) in [5.74, 6) is 0. The first-order valence-electron chi connectivity index (χ1n) is 1.01. The first kappa shape index (κ1) is 18.1. The number of hydrogen-bond acceptors (Lipinski definition) is 4. The molecule has 0 aromatic heterocycles. The standard InChI is InChI=1S/Ag.Au.3ClH.H2O4S/c;;;;;1-5(2,3)4/h;;3*1H;(H2,1,2,3,4)/q;+3;;;;/p-5. The Morgan fingerprint density at radius 2 is 1.10 bits per heavy atom. The van der Waals surface area contributed by atoms with Crippen LogP contribution in [0.5, 0.6) is 0 Å². The summed E-state index contributed by atoms with van der Waals surface area (Å²) in [6, 6.07) is 0. The monoisotopic (exact) mass is 505 g/mol. The third-order valence-corrected chi connectivity index (χ3v) is 0. The summed E-state index contributed by atoms with van der Waals surface area (Å²) >= 11 is -1.79. The van der Waals surface area contributed by atoms with E-state index in [2.05, 4.69) is 0 Å². The summed E-state index contributed by atoms with van der Waals surface area (Å²) in [6.45, 7) is 0. The molecular formula is AgAuCl3O4S-2. The summed E-state index contributed by atoms with van der Waals surface area (Å²) in [6.07, 6.45) is 0. The Hall–Kier alpha value is 2.22. The van der Waals surface area contributed by atoms with Crippen LogP contribution in [0.1, 0.15) is 0 Å². The molecule has 75 valence electrons. The Balaban J connectivity index is -0.0000000910. The van der Waals surface area contributed by atoms with E-state index >= 15 is 0 Å².